The van der Waals surface area contributed by atoms with Crippen molar-refractivity contribution in [2.75, 3.05) is 55.4 Å². The number of urea groups is 1. The van der Waals surface area contributed by atoms with Crippen LogP contribution in [0.2, 0.25) is 0 Å². The molecule has 2 amide bonds. The van der Waals surface area contributed by atoms with Gasteiger partial charge in [-0.25, -0.2) is 28.2 Å². The lowest BCUT2D eigenvalue weighted by Gasteiger charge is -2.33. The summed E-state index contributed by atoms with van der Waals surface area (Å²) in [6.45, 7) is 2.81. The van der Waals surface area contributed by atoms with Gasteiger partial charge in [-0.2, -0.15) is 17.5 Å². The molecule has 0 bridgehead atoms. The summed E-state index contributed by atoms with van der Waals surface area (Å²) in [6, 6.07) is 4.57. The Balaban J connectivity index is 1.44. The number of carbonyl (C=O) groups excluding carboxylic acids is 1. The molecule has 3 N–H and O–H groups in total. The first kappa shape index (κ1) is 28.7. The van der Waals surface area contributed by atoms with E-state index in [1.54, 1.807) is 31.1 Å². The number of nitrogens with one attached hydrogen (secondary N) is 3. The quantitative estimate of drug-likeness (QED) is 0.383. The Morgan fingerprint density at radius 3 is 2.46 bits per heavy atom. The third-order valence-corrected chi connectivity index (χ3v) is 8.39. The van der Waals surface area contributed by atoms with Crippen molar-refractivity contribution in [1.82, 2.24) is 24.2 Å². The zero-order valence-corrected chi connectivity index (χ0v) is 23.0. The van der Waals surface area contributed by atoms with Crippen molar-refractivity contribution in [3.05, 3.63) is 47.3 Å². The molecule has 0 saturated carbocycles. The summed E-state index contributed by atoms with van der Waals surface area (Å²) < 4.78 is 66.4. The molecule has 0 atom stereocenters. The zero-order chi connectivity index (χ0) is 28.4. The first-order chi connectivity index (χ1) is 18.3. The second-order valence-corrected chi connectivity index (χ2v) is 11.8. The number of hydrogen-bond donors (Lipinski definition) is 3. The van der Waals surface area contributed by atoms with Crippen LogP contribution < -0.4 is 16.0 Å². The zero-order valence-electron chi connectivity index (χ0n) is 21.3. The van der Waals surface area contributed by atoms with Gasteiger partial charge in [0.05, 0.1) is 28.1 Å². The molecule has 2 aromatic heterocycles. The number of hydrogen-bond acceptors (Lipinski definition) is 9. The Hall–Kier alpha value is -3.34. The fraction of sp³-hybridized carbons (Fsp3) is 0.391. The summed E-state index contributed by atoms with van der Waals surface area (Å²) in [5.74, 6) is 0.424. The molecule has 1 saturated heterocycles. The number of anilines is 3. The molecule has 0 unspecified atom stereocenters. The van der Waals surface area contributed by atoms with Crippen LogP contribution in [-0.2, 0) is 22.7 Å². The molecule has 3 heterocycles. The van der Waals surface area contributed by atoms with Crippen molar-refractivity contribution in [2.24, 2.45) is 0 Å². The number of benzene rings is 1. The van der Waals surface area contributed by atoms with Gasteiger partial charge in [-0.05, 0) is 30.7 Å². The highest BCUT2D eigenvalue weighted by atomic mass is 32.2. The number of thiazole rings is 1. The Kier molecular flexibility index (Phi) is 8.39. The van der Waals surface area contributed by atoms with E-state index >= 15 is 0 Å². The molecule has 0 spiro atoms. The molecule has 210 valence electrons. The van der Waals surface area contributed by atoms with Gasteiger partial charge in [0.25, 0.3) is 0 Å². The fourth-order valence-corrected chi connectivity index (χ4v) is 5.83. The Morgan fingerprint density at radius 2 is 1.82 bits per heavy atom. The number of amides is 2. The van der Waals surface area contributed by atoms with E-state index in [1.807, 2.05) is 0 Å². The van der Waals surface area contributed by atoms with Crippen LogP contribution in [0.3, 0.4) is 0 Å². The maximum Gasteiger partial charge on any atom is 0.416 e. The van der Waals surface area contributed by atoms with Crippen molar-refractivity contribution < 1.29 is 26.4 Å². The van der Waals surface area contributed by atoms with Crippen LogP contribution >= 0.6 is 11.3 Å². The Labute approximate surface area is 227 Å². The molecular formula is C23H27F3N8O3S2. The minimum atomic E-state index is -4.65. The molecule has 1 aromatic carbocycles. The second-order valence-electron chi connectivity index (χ2n) is 8.84. The average Bonchev–Trinajstić information content (AvgIpc) is 3.23. The lowest BCUT2D eigenvalue weighted by atomic mass is 10.0. The van der Waals surface area contributed by atoms with Crippen molar-refractivity contribution in [3.8, 4) is 10.6 Å². The number of piperazine rings is 1. The highest BCUT2D eigenvalue weighted by Gasteiger charge is 2.34. The monoisotopic (exact) mass is 584 g/mol. The predicted molar refractivity (Wildman–Crippen MR) is 143 cm³/mol. The van der Waals surface area contributed by atoms with Crippen LogP contribution in [0.15, 0.2) is 30.5 Å². The number of rotatable bonds is 7. The van der Waals surface area contributed by atoms with Gasteiger partial charge in [-0.3, -0.25) is 10.2 Å². The van der Waals surface area contributed by atoms with Crippen LogP contribution in [0.4, 0.5) is 34.7 Å². The summed E-state index contributed by atoms with van der Waals surface area (Å²) in [7, 11) is -1.65. The van der Waals surface area contributed by atoms with E-state index in [9.17, 15) is 26.4 Å². The van der Waals surface area contributed by atoms with Crippen molar-refractivity contribution in [3.63, 3.8) is 0 Å². The van der Waals surface area contributed by atoms with Gasteiger partial charge in [-0.15, -0.1) is 0 Å². The topological polar surface area (TPSA) is 132 Å². The number of carbonyl (C=O) groups is 1. The van der Waals surface area contributed by atoms with Crippen molar-refractivity contribution in [1.29, 1.82) is 0 Å². The van der Waals surface area contributed by atoms with Crippen LogP contribution in [0.5, 0.6) is 0 Å². The number of aryl methyl sites for hydroxylation is 1. The number of aromatic nitrogens is 3. The predicted octanol–water partition coefficient (Wildman–Crippen LogP) is 3.69. The minimum Gasteiger partial charge on any atom is -0.357 e. The Morgan fingerprint density at radius 1 is 1.10 bits per heavy atom. The maximum atomic E-state index is 13.9. The van der Waals surface area contributed by atoms with E-state index < -0.39 is 27.8 Å². The SMILES string of the molecule is CNc1nccc(-c2sc(NC(=O)Nc3ccc(CN4CCN(S(C)(=O)=O)CC4)c(C(F)(F)F)c3)nc2C)n1. The van der Waals surface area contributed by atoms with E-state index in [0.29, 0.717) is 35.3 Å². The third-order valence-electron chi connectivity index (χ3n) is 6.00. The number of alkyl halides is 3. The van der Waals surface area contributed by atoms with E-state index in [4.69, 9.17) is 0 Å². The molecule has 39 heavy (non-hydrogen) atoms. The standard InChI is InChI=1S/C23H27F3N8O3S2/c1-14-19(18-6-7-28-20(27-2)31-18)38-22(29-14)32-21(35)30-16-5-4-15(17(12-16)23(24,25)26)13-33-8-10-34(11-9-33)39(3,36)37/h4-7,12H,8-11,13H2,1-3H3,(H,27,28,31)(H2,29,30,32,35). The Bertz CT molecular complexity index is 1460. The average molecular weight is 585 g/mol. The van der Waals surface area contributed by atoms with Gasteiger partial charge >= 0.3 is 12.2 Å². The maximum absolute atomic E-state index is 13.9. The van der Waals surface area contributed by atoms with Gasteiger partial charge in [-0.1, -0.05) is 17.4 Å². The summed E-state index contributed by atoms with van der Waals surface area (Å²) in [5, 5.41) is 8.10. The number of halogens is 3. The lowest BCUT2D eigenvalue weighted by Crippen LogP contribution is -2.47. The van der Waals surface area contributed by atoms with Gasteiger partial charge in [0.1, 0.15) is 0 Å². The van der Waals surface area contributed by atoms with Gasteiger partial charge in [0.15, 0.2) is 5.13 Å². The van der Waals surface area contributed by atoms with Crippen LogP contribution in [0.1, 0.15) is 16.8 Å². The van der Waals surface area contributed by atoms with Crippen LogP contribution in [0, 0.1) is 6.92 Å². The number of nitrogens with zero attached hydrogens (tertiary/aromatic N) is 5. The van der Waals surface area contributed by atoms with E-state index in [1.165, 1.54) is 27.8 Å². The molecule has 1 aliphatic rings. The van der Waals surface area contributed by atoms with E-state index in [-0.39, 0.29) is 36.0 Å². The molecule has 4 rings (SSSR count). The molecule has 3 aromatic rings. The first-order valence-corrected chi connectivity index (χ1v) is 14.4. The highest BCUT2D eigenvalue weighted by molar-refractivity contribution is 7.88. The van der Waals surface area contributed by atoms with Crippen molar-refractivity contribution >= 4 is 44.2 Å². The van der Waals surface area contributed by atoms with Crippen LogP contribution in [0.25, 0.3) is 10.6 Å². The normalized spacial score (nSPS) is 15.2. The van der Waals surface area contributed by atoms with E-state index in [2.05, 4.69) is 30.9 Å². The second kappa shape index (κ2) is 11.4. The molecular weight excluding hydrogens is 557 g/mol. The molecule has 1 fully saturated rings. The molecule has 1 aliphatic heterocycles. The summed E-state index contributed by atoms with van der Waals surface area (Å²) in [4.78, 5) is 27.8. The van der Waals surface area contributed by atoms with Crippen molar-refractivity contribution in [2.45, 2.75) is 19.6 Å². The van der Waals surface area contributed by atoms with Crippen LogP contribution in [-0.4, -0.2) is 78.1 Å². The molecule has 16 heteroatoms. The van der Waals surface area contributed by atoms with Gasteiger partial charge < -0.3 is 10.6 Å². The minimum absolute atomic E-state index is 0.00159. The summed E-state index contributed by atoms with van der Waals surface area (Å²) >= 11 is 1.17. The van der Waals surface area contributed by atoms with Gasteiger partial charge in [0, 0.05) is 51.7 Å². The molecule has 0 radical (unpaired) electrons. The third kappa shape index (κ3) is 7.20. The smallest absolute Gasteiger partial charge is 0.357 e. The lowest BCUT2D eigenvalue weighted by molar-refractivity contribution is -0.138. The van der Waals surface area contributed by atoms with E-state index in [0.717, 1.165) is 12.3 Å². The first-order valence-electron chi connectivity index (χ1n) is 11.8. The summed E-state index contributed by atoms with van der Waals surface area (Å²) in [6.07, 6.45) is -1.95. The number of sulfonamides is 1. The molecule has 11 nitrogen and oxygen atoms in total. The highest BCUT2D eigenvalue weighted by Crippen LogP contribution is 2.35. The fourth-order valence-electron chi connectivity index (χ4n) is 4.07. The summed E-state index contributed by atoms with van der Waals surface area (Å²) in [5.41, 5.74) is 0.362. The molecule has 0 aliphatic carbocycles. The van der Waals surface area contributed by atoms with Gasteiger partial charge in [0.2, 0.25) is 16.0 Å². The largest absolute Gasteiger partial charge is 0.416 e.